The smallest absolute Gasteiger partial charge is 0.0713 e. The van der Waals surface area contributed by atoms with Crippen LogP contribution in [0, 0.1) is 0 Å². The van der Waals surface area contributed by atoms with E-state index in [0.717, 1.165) is 17.8 Å². The summed E-state index contributed by atoms with van der Waals surface area (Å²) in [6.07, 6.45) is 1.00. The van der Waals surface area contributed by atoms with Crippen molar-refractivity contribution < 1.29 is 0 Å². The van der Waals surface area contributed by atoms with Gasteiger partial charge in [-0.15, -0.1) is 0 Å². The maximum absolute atomic E-state index is 6.05. The lowest BCUT2D eigenvalue weighted by Crippen LogP contribution is -2.28. The Hall–Kier alpha value is -3.52. The molecule has 0 unspecified atom stereocenters. The Morgan fingerprint density at radius 2 is 1.17 bits per heavy atom. The van der Waals surface area contributed by atoms with Gasteiger partial charge in [0.1, 0.15) is 0 Å². The van der Waals surface area contributed by atoms with Gasteiger partial charge in [0, 0.05) is 11.4 Å². The maximum atomic E-state index is 6.05. The SMILES string of the molecule is CCc1ccc2c(c1)C(c1ccc(N)cc1)(c1ccc(N)cc1)c1ccccc1-2. The van der Waals surface area contributed by atoms with Gasteiger partial charge in [0.05, 0.1) is 5.41 Å². The summed E-state index contributed by atoms with van der Waals surface area (Å²) in [6, 6.07) is 32.3. The average Bonchev–Trinajstić information content (AvgIpc) is 3.05. The van der Waals surface area contributed by atoms with Crippen LogP contribution in [0.1, 0.15) is 34.7 Å². The van der Waals surface area contributed by atoms with Crippen molar-refractivity contribution in [3.8, 4) is 11.1 Å². The van der Waals surface area contributed by atoms with Crippen LogP contribution in [0.2, 0.25) is 0 Å². The van der Waals surface area contributed by atoms with Crippen LogP contribution in [-0.2, 0) is 11.8 Å². The number of rotatable bonds is 3. The van der Waals surface area contributed by atoms with Gasteiger partial charge < -0.3 is 11.5 Å². The lowest BCUT2D eigenvalue weighted by atomic mass is 9.67. The van der Waals surface area contributed by atoms with Gasteiger partial charge in [-0.1, -0.05) is 73.7 Å². The van der Waals surface area contributed by atoms with E-state index in [0.29, 0.717) is 0 Å². The fraction of sp³-hybridized carbons (Fsp3) is 0.111. The Kier molecular flexibility index (Phi) is 3.95. The van der Waals surface area contributed by atoms with Crippen molar-refractivity contribution in [1.82, 2.24) is 0 Å². The lowest BCUT2D eigenvalue weighted by molar-refractivity contribution is 0.767. The van der Waals surface area contributed by atoms with Crippen LogP contribution < -0.4 is 11.5 Å². The quantitative estimate of drug-likeness (QED) is 0.392. The fourth-order valence-corrected chi connectivity index (χ4v) is 4.80. The molecule has 0 amide bonds. The van der Waals surface area contributed by atoms with Crippen molar-refractivity contribution in [3.05, 3.63) is 119 Å². The second-order valence-electron chi connectivity index (χ2n) is 7.77. The summed E-state index contributed by atoms with van der Waals surface area (Å²) in [5, 5.41) is 0. The molecule has 0 aromatic heterocycles. The molecule has 0 atom stereocenters. The summed E-state index contributed by atoms with van der Waals surface area (Å²) in [6.45, 7) is 2.21. The second-order valence-corrected chi connectivity index (χ2v) is 7.77. The highest BCUT2D eigenvalue weighted by Gasteiger charge is 2.45. The molecule has 1 aliphatic rings. The Morgan fingerprint density at radius 1 is 0.621 bits per heavy atom. The fourth-order valence-electron chi connectivity index (χ4n) is 4.80. The predicted molar refractivity (Wildman–Crippen MR) is 122 cm³/mol. The minimum atomic E-state index is -0.390. The minimum absolute atomic E-state index is 0.390. The molecule has 4 aromatic rings. The monoisotopic (exact) mass is 376 g/mol. The summed E-state index contributed by atoms with van der Waals surface area (Å²) >= 11 is 0. The Balaban J connectivity index is 1.94. The van der Waals surface area contributed by atoms with Crippen LogP contribution in [0.25, 0.3) is 11.1 Å². The number of nitrogens with two attached hydrogens (primary N) is 2. The van der Waals surface area contributed by atoms with Gasteiger partial charge in [0.2, 0.25) is 0 Å². The zero-order valence-corrected chi connectivity index (χ0v) is 16.5. The average molecular weight is 377 g/mol. The maximum Gasteiger partial charge on any atom is 0.0713 e. The molecule has 0 saturated carbocycles. The molecule has 0 spiro atoms. The van der Waals surface area contributed by atoms with Gasteiger partial charge in [0.15, 0.2) is 0 Å². The van der Waals surface area contributed by atoms with Crippen LogP contribution in [0.5, 0.6) is 0 Å². The van der Waals surface area contributed by atoms with E-state index in [-0.39, 0.29) is 0 Å². The van der Waals surface area contributed by atoms with Gasteiger partial charge in [-0.25, -0.2) is 0 Å². The molecule has 0 fully saturated rings. The van der Waals surface area contributed by atoms with Gasteiger partial charge in [-0.05, 0) is 69.6 Å². The van der Waals surface area contributed by atoms with Gasteiger partial charge in [0.25, 0.3) is 0 Å². The first-order valence-electron chi connectivity index (χ1n) is 10.1. The number of hydrogen-bond acceptors (Lipinski definition) is 2. The number of hydrogen-bond donors (Lipinski definition) is 2. The molecule has 0 bridgehead atoms. The summed E-state index contributed by atoms with van der Waals surface area (Å²) in [7, 11) is 0. The van der Waals surface area contributed by atoms with Crippen LogP contribution in [0.3, 0.4) is 0 Å². The van der Waals surface area contributed by atoms with Gasteiger partial charge in [-0.3, -0.25) is 0 Å². The summed E-state index contributed by atoms with van der Waals surface area (Å²) in [5.74, 6) is 0. The molecule has 0 radical (unpaired) electrons. The molecule has 2 nitrogen and oxygen atoms in total. The third-order valence-corrected chi connectivity index (χ3v) is 6.20. The molecule has 5 rings (SSSR count). The number of benzene rings is 4. The highest BCUT2D eigenvalue weighted by Crippen LogP contribution is 2.56. The van der Waals surface area contributed by atoms with E-state index < -0.39 is 5.41 Å². The van der Waals surface area contributed by atoms with E-state index in [9.17, 15) is 0 Å². The Morgan fingerprint density at radius 3 is 1.76 bits per heavy atom. The van der Waals surface area contributed by atoms with Crippen molar-refractivity contribution in [1.29, 1.82) is 0 Å². The van der Waals surface area contributed by atoms with Crippen molar-refractivity contribution in [2.45, 2.75) is 18.8 Å². The number of fused-ring (bicyclic) bond motifs is 3. The Labute approximate surface area is 171 Å². The first-order valence-corrected chi connectivity index (χ1v) is 10.1. The van der Waals surface area contributed by atoms with Crippen molar-refractivity contribution in [3.63, 3.8) is 0 Å². The van der Waals surface area contributed by atoms with Crippen LogP contribution in [0.15, 0.2) is 91.0 Å². The van der Waals surface area contributed by atoms with Crippen molar-refractivity contribution in [2.24, 2.45) is 0 Å². The van der Waals surface area contributed by atoms with Crippen LogP contribution >= 0.6 is 0 Å². The predicted octanol–water partition coefficient (Wildman–Crippen LogP) is 5.78. The molecule has 4 aromatic carbocycles. The second kappa shape index (κ2) is 6.52. The molecule has 1 aliphatic carbocycles. The molecule has 4 N–H and O–H groups in total. The Bertz CT molecular complexity index is 1140. The van der Waals surface area contributed by atoms with Crippen LogP contribution in [-0.4, -0.2) is 0 Å². The summed E-state index contributed by atoms with van der Waals surface area (Å²) in [5.41, 5.74) is 22.2. The molecule has 142 valence electrons. The van der Waals surface area contributed by atoms with Crippen molar-refractivity contribution in [2.75, 3.05) is 11.5 Å². The normalized spacial score (nSPS) is 13.7. The molecule has 2 heteroatoms. The zero-order valence-electron chi connectivity index (χ0n) is 16.5. The van der Waals surface area contributed by atoms with E-state index in [4.69, 9.17) is 11.5 Å². The molecule has 29 heavy (non-hydrogen) atoms. The van der Waals surface area contributed by atoms with E-state index in [1.165, 1.54) is 38.9 Å². The summed E-state index contributed by atoms with van der Waals surface area (Å²) in [4.78, 5) is 0. The third kappa shape index (κ3) is 2.49. The van der Waals surface area contributed by atoms with Gasteiger partial charge >= 0.3 is 0 Å². The number of anilines is 2. The van der Waals surface area contributed by atoms with E-state index in [2.05, 4.69) is 73.7 Å². The molecular weight excluding hydrogens is 352 g/mol. The first kappa shape index (κ1) is 17.6. The standard InChI is InChI=1S/C27H24N2/c1-2-18-7-16-24-23-5-3-4-6-25(23)27(26(24)17-18,19-8-12-21(28)13-9-19)20-10-14-22(29)15-11-20/h3-17H,2,28-29H2,1H3. The first-order chi connectivity index (χ1) is 14.1. The highest BCUT2D eigenvalue weighted by molar-refractivity contribution is 5.86. The zero-order chi connectivity index (χ0) is 20.0. The third-order valence-electron chi connectivity index (χ3n) is 6.20. The molecule has 0 aliphatic heterocycles. The van der Waals surface area contributed by atoms with E-state index in [1.54, 1.807) is 0 Å². The van der Waals surface area contributed by atoms with E-state index >= 15 is 0 Å². The molecule has 0 heterocycles. The van der Waals surface area contributed by atoms with E-state index in [1.807, 2.05) is 24.3 Å². The summed E-state index contributed by atoms with van der Waals surface area (Å²) < 4.78 is 0. The molecular formula is C27H24N2. The largest absolute Gasteiger partial charge is 0.399 e. The molecule has 0 saturated heterocycles. The van der Waals surface area contributed by atoms with Gasteiger partial charge in [-0.2, -0.15) is 0 Å². The van der Waals surface area contributed by atoms with Crippen LogP contribution in [0.4, 0.5) is 11.4 Å². The lowest BCUT2D eigenvalue weighted by Gasteiger charge is -2.34. The van der Waals surface area contributed by atoms with Crippen molar-refractivity contribution >= 4 is 11.4 Å². The minimum Gasteiger partial charge on any atom is -0.399 e. The topological polar surface area (TPSA) is 52.0 Å². The number of nitrogen functional groups attached to an aromatic ring is 2. The number of aryl methyl sites for hydroxylation is 1. The highest BCUT2D eigenvalue weighted by atomic mass is 14.6.